The van der Waals surface area contributed by atoms with E-state index in [2.05, 4.69) is 5.32 Å². The number of hydrogen-bond acceptors (Lipinski definition) is 3. The van der Waals surface area contributed by atoms with Crippen molar-refractivity contribution in [2.45, 2.75) is 33.2 Å². The Labute approximate surface area is 146 Å². The van der Waals surface area contributed by atoms with Crippen molar-refractivity contribution in [1.29, 1.82) is 0 Å². The van der Waals surface area contributed by atoms with Gasteiger partial charge in [-0.05, 0) is 43.5 Å². The number of benzene rings is 1. The van der Waals surface area contributed by atoms with Crippen LogP contribution in [-0.4, -0.2) is 29.8 Å². The highest BCUT2D eigenvalue weighted by Crippen LogP contribution is 2.29. The van der Waals surface area contributed by atoms with Crippen molar-refractivity contribution < 1.29 is 9.59 Å². The van der Waals surface area contributed by atoms with Crippen molar-refractivity contribution in [2.75, 3.05) is 13.1 Å². The Morgan fingerprint density at radius 2 is 2.00 bits per heavy atom. The van der Waals surface area contributed by atoms with E-state index in [9.17, 15) is 9.59 Å². The van der Waals surface area contributed by atoms with Crippen LogP contribution in [0, 0.1) is 6.92 Å². The minimum atomic E-state index is -0.00680. The van der Waals surface area contributed by atoms with E-state index in [0.29, 0.717) is 19.6 Å². The zero-order chi connectivity index (χ0) is 17.1. The average molecular weight is 342 g/mol. The Morgan fingerprint density at radius 1 is 1.25 bits per heavy atom. The van der Waals surface area contributed by atoms with Crippen LogP contribution in [0.25, 0.3) is 0 Å². The Hall–Kier alpha value is -2.14. The monoisotopic (exact) mass is 342 g/mol. The zero-order valence-electron chi connectivity index (χ0n) is 14.1. The number of fused-ring (bicyclic) bond motifs is 1. The van der Waals surface area contributed by atoms with Crippen molar-refractivity contribution in [3.8, 4) is 0 Å². The van der Waals surface area contributed by atoms with Gasteiger partial charge in [0.1, 0.15) is 0 Å². The van der Waals surface area contributed by atoms with Crippen molar-refractivity contribution in [1.82, 2.24) is 10.2 Å². The largest absolute Gasteiger partial charge is 0.351 e. The Kier molecular flexibility index (Phi) is 5.00. The molecule has 1 aliphatic rings. The van der Waals surface area contributed by atoms with E-state index < -0.39 is 0 Å². The lowest BCUT2D eigenvalue weighted by molar-refractivity contribution is 0.0736. The molecule has 1 aromatic heterocycles. The molecule has 0 saturated heterocycles. The molecule has 1 aliphatic heterocycles. The normalized spacial score (nSPS) is 13.5. The van der Waals surface area contributed by atoms with Gasteiger partial charge in [0.05, 0.1) is 4.88 Å². The van der Waals surface area contributed by atoms with Crippen LogP contribution in [-0.2, 0) is 13.0 Å². The molecule has 0 fully saturated rings. The molecule has 0 bridgehead atoms. The Balaban J connectivity index is 1.72. The van der Waals surface area contributed by atoms with Gasteiger partial charge in [-0.3, -0.25) is 9.59 Å². The number of nitrogens with one attached hydrogen (secondary N) is 1. The Bertz CT molecular complexity index is 749. The van der Waals surface area contributed by atoms with E-state index in [1.807, 2.05) is 49.1 Å². The van der Waals surface area contributed by atoms with Crippen LogP contribution in [0.4, 0.5) is 0 Å². The topological polar surface area (TPSA) is 49.4 Å². The van der Waals surface area contributed by atoms with Crippen LogP contribution >= 0.6 is 11.3 Å². The SMILES string of the molecule is CCCNC(=O)c1cc2c(s1)CCN(C(=O)c1ccc(C)cc1)C2. The number of carbonyl (C=O) groups excluding carboxylic acids is 2. The molecule has 0 atom stereocenters. The van der Waals surface area contributed by atoms with Crippen LogP contribution in [0.2, 0.25) is 0 Å². The molecule has 3 rings (SSSR count). The van der Waals surface area contributed by atoms with Gasteiger partial charge in [-0.2, -0.15) is 0 Å². The molecule has 1 N–H and O–H groups in total. The number of aryl methyl sites for hydroxylation is 1. The van der Waals surface area contributed by atoms with E-state index in [-0.39, 0.29) is 11.8 Å². The van der Waals surface area contributed by atoms with E-state index in [0.717, 1.165) is 34.4 Å². The van der Waals surface area contributed by atoms with Gasteiger partial charge in [0, 0.05) is 30.1 Å². The third kappa shape index (κ3) is 3.51. The van der Waals surface area contributed by atoms with Gasteiger partial charge in [0.25, 0.3) is 11.8 Å². The molecule has 2 amide bonds. The quantitative estimate of drug-likeness (QED) is 0.926. The number of thiophene rings is 1. The van der Waals surface area contributed by atoms with Gasteiger partial charge in [-0.25, -0.2) is 0 Å². The zero-order valence-corrected chi connectivity index (χ0v) is 14.9. The summed E-state index contributed by atoms with van der Waals surface area (Å²) in [4.78, 5) is 28.6. The molecule has 0 saturated carbocycles. The molecular weight excluding hydrogens is 320 g/mol. The summed E-state index contributed by atoms with van der Waals surface area (Å²) in [5.74, 6) is 0.0523. The van der Waals surface area contributed by atoms with Crippen LogP contribution in [0.3, 0.4) is 0 Å². The lowest BCUT2D eigenvalue weighted by Crippen LogP contribution is -2.35. The molecule has 24 heavy (non-hydrogen) atoms. The van der Waals surface area contributed by atoms with E-state index in [4.69, 9.17) is 0 Å². The second-order valence-corrected chi connectivity index (χ2v) is 7.29. The summed E-state index contributed by atoms with van der Waals surface area (Å²) in [6, 6.07) is 9.63. The molecule has 5 heteroatoms. The molecular formula is C19H22N2O2S. The smallest absolute Gasteiger partial charge is 0.261 e. The summed E-state index contributed by atoms with van der Waals surface area (Å²) in [7, 11) is 0. The average Bonchev–Trinajstić information content (AvgIpc) is 3.03. The fourth-order valence-corrected chi connectivity index (χ4v) is 3.90. The fraction of sp³-hybridized carbons (Fsp3) is 0.368. The molecule has 2 heterocycles. The molecule has 2 aromatic rings. The number of hydrogen-bond donors (Lipinski definition) is 1. The lowest BCUT2D eigenvalue weighted by Gasteiger charge is -2.27. The Morgan fingerprint density at radius 3 is 2.71 bits per heavy atom. The predicted octanol–water partition coefficient (Wildman–Crippen LogP) is 3.39. The van der Waals surface area contributed by atoms with Gasteiger partial charge >= 0.3 is 0 Å². The molecule has 0 spiro atoms. The van der Waals surface area contributed by atoms with E-state index in [1.54, 1.807) is 11.3 Å². The number of amides is 2. The molecule has 126 valence electrons. The summed E-state index contributed by atoms with van der Waals surface area (Å²) in [5.41, 5.74) is 2.97. The third-order valence-electron chi connectivity index (χ3n) is 4.21. The first-order valence-electron chi connectivity index (χ1n) is 8.34. The van der Waals surface area contributed by atoms with Crippen molar-refractivity contribution >= 4 is 23.2 Å². The van der Waals surface area contributed by atoms with Gasteiger partial charge in [0.15, 0.2) is 0 Å². The summed E-state index contributed by atoms with van der Waals surface area (Å²) in [5, 5.41) is 2.91. The molecule has 4 nitrogen and oxygen atoms in total. The summed E-state index contributed by atoms with van der Waals surface area (Å²) in [6.45, 7) is 6.03. The summed E-state index contributed by atoms with van der Waals surface area (Å²) in [6.07, 6.45) is 1.74. The molecule has 1 aromatic carbocycles. The summed E-state index contributed by atoms with van der Waals surface area (Å²) >= 11 is 1.56. The molecule has 0 radical (unpaired) electrons. The highest BCUT2D eigenvalue weighted by molar-refractivity contribution is 7.14. The van der Waals surface area contributed by atoms with Crippen molar-refractivity contribution in [2.24, 2.45) is 0 Å². The second-order valence-electron chi connectivity index (χ2n) is 6.16. The maximum absolute atomic E-state index is 12.7. The predicted molar refractivity (Wildman–Crippen MR) is 96.6 cm³/mol. The van der Waals surface area contributed by atoms with Gasteiger partial charge in [-0.15, -0.1) is 11.3 Å². The van der Waals surface area contributed by atoms with Crippen LogP contribution in [0.15, 0.2) is 30.3 Å². The maximum Gasteiger partial charge on any atom is 0.261 e. The van der Waals surface area contributed by atoms with E-state index >= 15 is 0 Å². The van der Waals surface area contributed by atoms with Gasteiger partial charge < -0.3 is 10.2 Å². The van der Waals surface area contributed by atoms with Gasteiger partial charge in [0.2, 0.25) is 0 Å². The van der Waals surface area contributed by atoms with Crippen molar-refractivity contribution in [3.05, 3.63) is 56.8 Å². The van der Waals surface area contributed by atoms with E-state index in [1.165, 1.54) is 4.88 Å². The first kappa shape index (κ1) is 16.7. The number of carbonyl (C=O) groups is 2. The standard InChI is InChI=1S/C19H22N2O2S/c1-3-9-20-18(22)17-11-15-12-21(10-8-16(15)24-17)19(23)14-6-4-13(2)5-7-14/h4-7,11H,3,8-10,12H2,1-2H3,(H,20,22). The van der Waals surface area contributed by atoms with Crippen molar-refractivity contribution in [3.63, 3.8) is 0 Å². The van der Waals surface area contributed by atoms with Crippen LogP contribution < -0.4 is 5.32 Å². The maximum atomic E-state index is 12.7. The third-order valence-corrected chi connectivity index (χ3v) is 5.45. The highest BCUT2D eigenvalue weighted by Gasteiger charge is 2.24. The second kappa shape index (κ2) is 7.18. The fourth-order valence-electron chi connectivity index (χ4n) is 2.82. The lowest BCUT2D eigenvalue weighted by atomic mass is 10.1. The number of nitrogens with zero attached hydrogens (tertiary/aromatic N) is 1. The highest BCUT2D eigenvalue weighted by atomic mass is 32.1. The van der Waals surface area contributed by atoms with Gasteiger partial charge in [-0.1, -0.05) is 24.6 Å². The summed E-state index contributed by atoms with van der Waals surface area (Å²) < 4.78 is 0. The number of rotatable bonds is 4. The minimum absolute atomic E-state index is 0.00680. The molecule has 0 unspecified atom stereocenters. The van der Waals surface area contributed by atoms with Crippen LogP contribution in [0.5, 0.6) is 0 Å². The van der Waals surface area contributed by atoms with Crippen LogP contribution in [0.1, 0.15) is 49.4 Å². The first-order chi connectivity index (χ1) is 11.6. The minimum Gasteiger partial charge on any atom is -0.351 e. The molecule has 0 aliphatic carbocycles. The first-order valence-corrected chi connectivity index (χ1v) is 9.16.